The molecule has 1 saturated carbocycles. The Labute approximate surface area is 129 Å². The molecule has 1 aromatic heterocycles. The molecule has 118 valence electrons. The van der Waals surface area contributed by atoms with E-state index in [2.05, 4.69) is 22.4 Å². The second-order valence-corrected chi connectivity index (χ2v) is 8.50. The van der Waals surface area contributed by atoms with Gasteiger partial charge in [0.1, 0.15) is 4.90 Å². The molecular formula is C13H20ClN3O3S. The predicted octanol–water partition coefficient (Wildman–Crippen LogP) is 2.38. The van der Waals surface area contributed by atoms with Gasteiger partial charge in [-0.1, -0.05) is 20.8 Å². The predicted molar refractivity (Wildman–Crippen MR) is 80.0 cm³/mol. The maximum atomic E-state index is 12.3. The maximum absolute atomic E-state index is 12.3. The number of carbonyl (C=O) groups is 1. The number of nitrogens with zero attached hydrogens (tertiary/aromatic N) is 1. The number of carbonyl (C=O) groups excluding carboxylic acids is 1. The number of hydrogen-bond acceptors (Lipinski definition) is 4. The first-order valence-electron chi connectivity index (χ1n) is 7.04. The van der Waals surface area contributed by atoms with Gasteiger partial charge in [-0.05, 0) is 31.1 Å². The number of hydrogen-bond donors (Lipinski definition) is 2. The van der Waals surface area contributed by atoms with Crippen LogP contribution in [-0.2, 0) is 9.05 Å². The van der Waals surface area contributed by atoms with E-state index in [0.29, 0.717) is 11.6 Å². The van der Waals surface area contributed by atoms with Gasteiger partial charge in [-0.3, -0.25) is 9.89 Å². The van der Waals surface area contributed by atoms with E-state index in [1.807, 2.05) is 0 Å². The second kappa shape index (κ2) is 5.96. The highest BCUT2D eigenvalue weighted by Crippen LogP contribution is 2.29. The summed E-state index contributed by atoms with van der Waals surface area (Å²) in [6.45, 7) is 5.74. The lowest BCUT2D eigenvalue weighted by Gasteiger charge is -2.12. The first-order chi connectivity index (χ1) is 9.70. The summed E-state index contributed by atoms with van der Waals surface area (Å²) in [5, 5.41) is 9.33. The highest BCUT2D eigenvalue weighted by Gasteiger charge is 2.31. The summed E-state index contributed by atoms with van der Waals surface area (Å²) in [5.41, 5.74) is 0.211. The number of halogens is 1. The van der Waals surface area contributed by atoms with Crippen molar-refractivity contribution in [2.24, 2.45) is 5.92 Å². The topological polar surface area (TPSA) is 91.9 Å². The molecule has 6 nitrogen and oxygen atoms in total. The summed E-state index contributed by atoms with van der Waals surface area (Å²) in [4.78, 5) is 12.1. The van der Waals surface area contributed by atoms with Gasteiger partial charge >= 0.3 is 0 Å². The van der Waals surface area contributed by atoms with Crippen molar-refractivity contribution < 1.29 is 13.2 Å². The van der Waals surface area contributed by atoms with Crippen LogP contribution in [0.1, 0.15) is 62.1 Å². The highest BCUT2D eigenvalue weighted by atomic mass is 35.7. The lowest BCUT2D eigenvalue weighted by atomic mass is 10.1. The van der Waals surface area contributed by atoms with Crippen LogP contribution in [0.4, 0.5) is 0 Å². The Hall–Kier alpha value is -1.08. The zero-order chi connectivity index (χ0) is 15.8. The maximum Gasteiger partial charge on any atom is 0.273 e. The molecule has 0 aliphatic heterocycles. The Morgan fingerprint density at radius 1 is 1.43 bits per heavy atom. The monoisotopic (exact) mass is 333 g/mol. The van der Waals surface area contributed by atoms with E-state index >= 15 is 0 Å². The number of amides is 1. The molecule has 2 N–H and O–H groups in total. The van der Waals surface area contributed by atoms with Gasteiger partial charge in [0.25, 0.3) is 15.0 Å². The average molecular weight is 334 g/mol. The number of H-pyrrole nitrogens is 1. The van der Waals surface area contributed by atoms with Crippen molar-refractivity contribution in [1.82, 2.24) is 15.5 Å². The van der Waals surface area contributed by atoms with Crippen molar-refractivity contribution in [3.05, 3.63) is 11.4 Å². The summed E-state index contributed by atoms with van der Waals surface area (Å²) in [6.07, 6.45) is 2.86. The second-order valence-electron chi connectivity index (χ2n) is 6.00. The zero-order valence-corrected chi connectivity index (χ0v) is 13.9. The van der Waals surface area contributed by atoms with Crippen LogP contribution < -0.4 is 5.32 Å². The van der Waals surface area contributed by atoms with Gasteiger partial charge < -0.3 is 5.32 Å². The molecule has 1 aromatic rings. The minimum absolute atomic E-state index is 0.0672. The number of aromatic nitrogens is 2. The van der Waals surface area contributed by atoms with Crippen molar-refractivity contribution in [1.29, 1.82) is 0 Å². The fourth-order valence-corrected chi connectivity index (χ4v) is 4.11. The summed E-state index contributed by atoms with van der Waals surface area (Å²) < 4.78 is 23.5. The number of nitrogens with one attached hydrogen (secondary N) is 2. The van der Waals surface area contributed by atoms with Crippen LogP contribution in [0, 0.1) is 5.92 Å². The van der Waals surface area contributed by atoms with Gasteiger partial charge in [-0.25, -0.2) is 8.42 Å². The quantitative estimate of drug-likeness (QED) is 0.827. The molecule has 1 heterocycles. The SMILES string of the molecule is CC1CCC(NC(=O)c2n[nH]c(C(C)C)c2S(=O)(=O)Cl)C1. The van der Waals surface area contributed by atoms with Crippen LogP contribution in [0.3, 0.4) is 0 Å². The Balaban J connectivity index is 2.29. The van der Waals surface area contributed by atoms with Gasteiger partial charge in [0.2, 0.25) is 0 Å². The average Bonchev–Trinajstić information content (AvgIpc) is 2.94. The molecule has 0 saturated heterocycles. The molecule has 0 spiro atoms. The highest BCUT2D eigenvalue weighted by molar-refractivity contribution is 8.13. The van der Waals surface area contributed by atoms with E-state index in [0.717, 1.165) is 19.3 Å². The van der Waals surface area contributed by atoms with Gasteiger partial charge in [0, 0.05) is 16.7 Å². The van der Waals surface area contributed by atoms with Crippen LogP contribution in [-0.4, -0.2) is 30.6 Å². The van der Waals surface area contributed by atoms with Crippen molar-refractivity contribution in [3.63, 3.8) is 0 Å². The molecule has 1 amide bonds. The normalized spacial score (nSPS) is 22.7. The Bertz CT molecular complexity index is 639. The first-order valence-corrected chi connectivity index (χ1v) is 9.34. The van der Waals surface area contributed by atoms with Crippen molar-refractivity contribution in [2.45, 2.75) is 56.9 Å². The van der Waals surface area contributed by atoms with E-state index in [1.54, 1.807) is 13.8 Å². The third-order valence-electron chi connectivity index (χ3n) is 3.81. The summed E-state index contributed by atoms with van der Waals surface area (Å²) >= 11 is 0. The zero-order valence-electron chi connectivity index (χ0n) is 12.3. The minimum atomic E-state index is -4.04. The molecule has 0 aromatic carbocycles. The Morgan fingerprint density at radius 2 is 2.10 bits per heavy atom. The minimum Gasteiger partial charge on any atom is -0.348 e. The standard InChI is InChI=1S/C13H20ClN3O3S/c1-7(2)10-12(21(14,19)20)11(17-16-10)13(18)15-9-5-4-8(3)6-9/h7-9H,4-6H2,1-3H3,(H,15,18)(H,16,17). The molecule has 2 unspecified atom stereocenters. The van der Waals surface area contributed by atoms with Crippen molar-refractivity contribution in [2.75, 3.05) is 0 Å². The Kier molecular flexibility index (Phi) is 4.63. The third-order valence-corrected chi connectivity index (χ3v) is 5.18. The van der Waals surface area contributed by atoms with E-state index in [-0.39, 0.29) is 22.5 Å². The molecular weight excluding hydrogens is 314 g/mol. The molecule has 1 fully saturated rings. The third kappa shape index (κ3) is 3.58. The lowest BCUT2D eigenvalue weighted by Crippen LogP contribution is -2.33. The largest absolute Gasteiger partial charge is 0.348 e. The van der Waals surface area contributed by atoms with E-state index < -0.39 is 15.0 Å². The van der Waals surface area contributed by atoms with E-state index in [4.69, 9.17) is 10.7 Å². The molecule has 2 atom stereocenters. The van der Waals surface area contributed by atoms with E-state index in [9.17, 15) is 13.2 Å². The summed E-state index contributed by atoms with van der Waals surface area (Å²) in [5.74, 6) is -0.0532. The Morgan fingerprint density at radius 3 is 2.57 bits per heavy atom. The summed E-state index contributed by atoms with van der Waals surface area (Å²) in [7, 11) is 1.43. The van der Waals surface area contributed by atoms with Crippen LogP contribution >= 0.6 is 10.7 Å². The molecule has 2 rings (SSSR count). The smallest absolute Gasteiger partial charge is 0.273 e. The molecule has 1 aliphatic carbocycles. The molecule has 8 heteroatoms. The van der Waals surface area contributed by atoms with Crippen LogP contribution in [0.5, 0.6) is 0 Å². The fraction of sp³-hybridized carbons (Fsp3) is 0.692. The molecule has 21 heavy (non-hydrogen) atoms. The van der Waals surface area contributed by atoms with Crippen molar-refractivity contribution >= 4 is 25.6 Å². The van der Waals surface area contributed by atoms with Gasteiger partial charge in [-0.15, -0.1) is 0 Å². The van der Waals surface area contributed by atoms with Crippen LogP contribution in [0.25, 0.3) is 0 Å². The molecule has 1 aliphatic rings. The van der Waals surface area contributed by atoms with Crippen LogP contribution in [0.2, 0.25) is 0 Å². The number of rotatable bonds is 4. The van der Waals surface area contributed by atoms with Gasteiger partial charge in [0.05, 0.1) is 5.69 Å². The van der Waals surface area contributed by atoms with Gasteiger partial charge in [0.15, 0.2) is 5.69 Å². The van der Waals surface area contributed by atoms with Gasteiger partial charge in [-0.2, -0.15) is 5.10 Å². The number of aromatic amines is 1. The molecule has 0 radical (unpaired) electrons. The van der Waals surface area contributed by atoms with Crippen LogP contribution in [0.15, 0.2) is 4.90 Å². The first kappa shape index (κ1) is 16.3. The lowest BCUT2D eigenvalue weighted by molar-refractivity contribution is 0.0929. The molecule has 0 bridgehead atoms. The van der Waals surface area contributed by atoms with E-state index in [1.165, 1.54) is 0 Å². The fourth-order valence-electron chi connectivity index (χ4n) is 2.73. The summed E-state index contributed by atoms with van der Waals surface area (Å²) in [6, 6.07) is 0.0672. The van der Waals surface area contributed by atoms with Crippen molar-refractivity contribution in [3.8, 4) is 0 Å².